The maximum atomic E-state index is 13.9. The van der Waals surface area contributed by atoms with E-state index in [9.17, 15) is 14.4 Å². The lowest BCUT2D eigenvalue weighted by molar-refractivity contribution is -0.134. The van der Waals surface area contributed by atoms with Gasteiger partial charge in [-0.1, -0.05) is 35.7 Å². The topological polar surface area (TPSA) is 133 Å². The van der Waals surface area contributed by atoms with Gasteiger partial charge in [-0.15, -0.1) is 6.42 Å². The Kier molecular flexibility index (Phi) is 8.93. The molecule has 2 fully saturated rings. The number of H-pyrrole nitrogens is 1. The third kappa shape index (κ3) is 6.15. The number of fused-ring (bicyclic) bond motifs is 3. The van der Waals surface area contributed by atoms with Crippen molar-refractivity contribution in [2.75, 3.05) is 46.0 Å². The van der Waals surface area contributed by atoms with Crippen molar-refractivity contribution in [2.45, 2.75) is 50.2 Å². The number of imidazole rings is 1. The van der Waals surface area contributed by atoms with Gasteiger partial charge in [0.2, 0.25) is 5.91 Å². The first-order valence-corrected chi connectivity index (χ1v) is 16.1. The number of piperidine rings is 2. The number of hydrogen-bond donors (Lipinski definition) is 3. The van der Waals surface area contributed by atoms with Crippen molar-refractivity contribution in [1.82, 2.24) is 34.6 Å². The molecule has 1 atom stereocenters. The molecule has 2 aliphatic heterocycles. The summed E-state index contributed by atoms with van der Waals surface area (Å²) in [5, 5.41) is 4.23. The Morgan fingerprint density at radius 1 is 1.13 bits per heavy atom. The van der Waals surface area contributed by atoms with E-state index < -0.39 is 6.04 Å². The Morgan fingerprint density at radius 2 is 1.83 bits per heavy atom. The molecule has 4 heterocycles. The molecule has 4 aromatic rings. The normalized spacial score (nSPS) is 17.0. The molecule has 4 N–H and O–H groups in total. The van der Waals surface area contributed by atoms with Gasteiger partial charge in [0, 0.05) is 55.6 Å². The van der Waals surface area contributed by atoms with Crippen molar-refractivity contribution in [3.8, 4) is 12.3 Å². The van der Waals surface area contributed by atoms with Crippen LogP contribution in [0.1, 0.15) is 42.9 Å². The number of aromatic amines is 1. The van der Waals surface area contributed by atoms with E-state index in [-0.39, 0.29) is 30.1 Å². The number of carbonyl (C=O) groups is 2. The van der Waals surface area contributed by atoms with Crippen LogP contribution in [0.4, 0.5) is 10.5 Å². The second-order valence-corrected chi connectivity index (χ2v) is 12.9. The molecule has 11 nitrogen and oxygen atoms in total. The van der Waals surface area contributed by atoms with Gasteiger partial charge in [0.1, 0.15) is 6.04 Å². The molecule has 0 unspecified atom stereocenters. The number of carbonyl (C=O) groups excluding carboxylic acids is 2. The average molecular weight is 643 g/mol. The van der Waals surface area contributed by atoms with E-state index in [1.54, 1.807) is 27.8 Å². The summed E-state index contributed by atoms with van der Waals surface area (Å²) in [6, 6.07) is 10.3. The summed E-state index contributed by atoms with van der Waals surface area (Å²) < 4.78 is 1.77. The maximum absolute atomic E-state index is 13.9. The SMILES string of the molecule is C#Cc1cc(C[C@@H](NC(=O)N2CCC(n3c(=O)[nH]c4c5ccccc5ncc43)CC2)C(=O)N2CCC(N(C)C)CC2)cc(Cl)c1N. The highest BCUT2D eigenvalue weighted by molar-refractivity contribution is 6.33. The first-order chi connectivity index (χ1) is 22.1. The quantitative estimate of drug-likeness (QED) is 0.218. The predicted molar refractivity (Wildman–Crippen MR) is 181 cm³/mol. The number of pyridine rings is 1. The molecule has 240 valence electrons. The highest BCUT2D eigenvalue weighted by Crippen LogP contribution is 2.29. The number of nitrogens with zero attached hydrogens (tertiary/aromatic N) is 5. The lowest BCUT2D eigenvalue weighted by atomic mass is 9.99. The van der Waals surface area contributed by atoms with E-state index in [1.165, 1.54) is 0 Å². The molecule has 2 aromatic heterocycles. The van der Waals surface area contributed by atoms with Crippen molar-refractivity contribution in [1.29, 1.82) is 0 Å². The van der Waals surface area contributed by atoms with Crippen LogP contribution in [-0.2, 0) is 11.2 Å². The number of nitrogens with two attached hydrogens (primary N) is 1. The third-order valence-corrected chi connectivity index (χ3v) is 9.78. The molecule has 12 heteroatoms. The number of likely N-dealkylation sites (tertiary alicyclic amines) is 2. The van der Waals surface area contributed by atoms with Crippen molar-refractivity contribution in [3.05, 3.63) is 69.2 Å². The molecular formula is C34H39ClN8O3. The number of hydrogen-bond acceptors (Lipinski definition) is 6. The first kappa shape index (κ1) is 31.5. The van der Waals surface area contributed by atoms with Crippen molar-refractivity contribution >= 4 is 51.2 Å². The van der Waals surface area contributed by atoms with Crippen LogP contribution in [0.15, 0.2) is 47.4 Å². The monoisotopic (exact) mass is 642 g/mol. The summed E-state index contributed by atoms with van der Waals surface area (Å²) in [5.74, 6) is 2.42. The summed E-state index contributed by atoms with van der Waals surface area (Å²) in [5.41, 5.74) is 9.67. The maximum Gasteiger partial charge on any atom is 0.326 e. The van der Waals surface area contributed by atoms with E-state index in [0.717, 1.165) is 34.8 Å². The first-order valence-electron chi connectivity index (χ1n) is 15.7. The number of aromatic nitrogens is 3. The standard InChI is InChI=1S/C34H39ClN8O3/c1-4-22-17-21(18-26(35)30(22)36)19-28(32(44)41-13-9-23(10-14-41)40(2)3)38-33(45)42-15-11-24(12-16-42)43-29-20-37-27-8-6-5-7-25(27)31(29)39-34(43)46/h1,5-8,17-18,20,23-24,28H,9-16,19,36H2,2-3H3,(H,38,45)(H,39,46)/t28-/m1/s1. The van der Waals surface area contributed by atoms with Gasteiger partial charge >= 0.3 is 11.7 Å². The third-order valence-electron chi connectivity index (χ3n) is 9.47. The molecule has 6 rings (SSSR count). The van der Waals surface area contributed by atoms with Crippen LogP contribution in [0, 0.1) is 12.3 Å². The molecule has 0 aliphatic carbocycles. The van der Waals surface area contributed by atoms with Gasteiger partial charge in [-0.3, -0.25) is 14.3 Å². The highest BCUT2D eigenvalue weighted by Gasteiger charge is 2.33. The van der Waals surface area contributed by atoms with Gasteiger partial charge in [0.05, 0.1) is 33.5 Å². The van der Waals surface area contributed by atoms with Crippen LogP contribution in [-0.4, -0.2) is 93.5 Å². The summed E-state index contributed by atoms with van der Waals surface area (Å²) in [6.45, 7) is 2.09. The number of halogens is 1. The van der Waals surface area contributed by atoms with Crippen LogP contribution >= 0.6 is 11.6 Å². The number of anilines is 1. The zero-order valence-corrected chi connectivity index (χ0v) is 26.9. The molecule has 0 bridgehead atoms. The minimum Gasteiger partial charge on any atom is -0.397 e. The van der Waals surface area contributed by atoms with Crippen molar-refractivity contribution in [2.24, 2.45) is 0 Å². The lowest BCUT2D eigenvalue weighted by Gasteiger charge is -2.38. The smallest absolute Gasteiger partial charge is 0.326 e. The van der Waals surface area contributed by atoms with E-state index in [0.29, 0.717) is 66.9 Å². The van der Waals surface area contributed by atoms with Gasteiger partial charge in [0.15, 0.2) is 0 Å². The number of urea groups is 1. The molecule has 0 radical (unpaired) electrons. The number of nitrogens with one attached hydrogen (secondary N) is 2. The molecule has 46 heavy (non-hydrogen) atoms. The Morgan fingerprint density at radius 3 is 2.52 bits per heavy atom. The second kappa shape index (κ2) is 13.1. The van der Waals surface area contributed by atoms with Crippen LogP contribution in [0.2, 0.25) is 5.02 Å². The molecule has 2 saturated heterocycles. The van der Waals surface area contributed by atoms with Crippen LogP contribution < -0.4 is 16.7 Å². The van der Waals surface area contributed by atoms with Gasteiger partial charge in [-0.2, -0.15) is 0 Å². The Balaban J connectivity index is 1.17. The molecular weight excluding hydrogens is 604 g/mol. The average Bonchev–Trinajstić information content (AvgIpc) is 3.41. The van der Waals surface area contributed by atoms with Gasteiger partial charge in [-0.25, -0.2) is 9.59 Å². The Bertz CT molecular complexity index is 1880. The fraction of sp³-hybridized carbons (Fsp3) is 0.412. The van der Waals surface area contributed by atoms with Crippen LogP contribution in [0.3, 0.4) is 0 Å². The number of nitrogen functional groups attached to an aromatic ring is 1. The number of para-hydroxylation sites is 1. The molecule has 2 aromatic carbocycles. The summed E-state index contributed by atoms with van der Waals surface area (Å²) in [4.78, 5) is 54.0. The minimum absolute atomic E-state index is 0.0946. The van der Waals surface area contributed by atoms with Crippen LogP contribution in [0.5, 0.6) is 0 Å². The molecule has 0 spiro atoms. The number of rotatable bonds is 6. The van der Waals surface area contributed by atoms with Gasteiger partial charge < -0.3 is 30.7 Å². The lowest BCUT2D eigenvalue weighted by Crippen LogP contribution is -2.56. The minimum atomic E-state index is -0.818. The van der Waals surface area contributed by atoms with Crippen molar-refractivity contribution in [3.63, 3.8) is 0 Å². The number of amides is 3. The fourth-order valence-corrected chi connectivity index (χ4v) is 7.06. The molecule has 3 amide bonds. The summed E-state index contributed by atoms with van der Waals surface area (Å²) in [6.07, 6.45) is 10.5. The van der Waals surface area contributed by atoms with Crippen LogP contribution in [0.25, 0.3) is 21.9 Å². The van der Waals surface area contributed by atoms with E-state index in [1.807, 2.05) is 29.2 Å². The largest absolute Gasteiger partial charge is 0.397 e. The zero-order chi connectivity index (χ0) is 32.5. The van der Waals surface area contributed by atoms with Gasteiger partial charge in [-0.05, 0) is 63.5 Å². The predicted octanol–water partition coefficient (Wildman–Crippen LogP) is 3.61. The van der Waals surface area contributed by atoms with E-state index in [2.05, 4.69) is 40.2 Å². The zero-order valence-electron chi connectivity index (χ0n) is 26.1. The Labute approximate surface area is 272 Å². The fourth-order valence-electron chi connectivity index (χ4n) is 6.82. The summed E-state index contributed by atoms with van der Waals surface area (Å²) in [7, 11) is 4.10. The van der Waals surface area contributed by atoms with Gasteiger partial charge in [0.25, 0.3) is 0 Å². The second-order valence-electron chi connectivity index (χ2n) is 12.5. The summed E-state index contributed by atoms with van der Waals surface area (Å²) >= 11 is 6.37. The molecule has 0 saturated carbocycles. The Hall–Kier alpha value is -4.53. The highest BCUT2D eigenvalue weighted by atomic mass is 35.5. The number of benzene rings is 2. The van der Waals surface area contributed by atoms with Crippen molar-refractivity contribution < 1.29 is 9.59 Å². The molecule has 2 aliphatic rings. The number of terminal acetylenes is 1. The van der Waals surface area contributed by atoms with E-state index in [4.69, 9.17) is 23.8 Å². The van der Waals surface area contributed by atoms with E-state index >= 15 is 0 Å².